The Balaban J connectivity index is 2.10. The summed E-state index contributed by atoms with van der Waals surface area (Å²) >= 11 is 0. The van der Waals surface area contributed by atoms with Gasteiger partial charge in [-0.1, -0.05) is 30.3 Å². The average molecular weight is 285 g/mol. The Kier molecular flexibility index (Phi) is 3.35. The number of aliphatic hydroxyl groups excluding tert-OH is 1. The number of nitrogens with zero attached hydrogens (tertiary/aromatic N) is 1. The standard InChI is InChI=1S/C16H15NO4/c18-9-12-7-10-3-1-2-4-13(10)16(12)11-5-6-15(19)14(8-11)17(20)21/h1-6,8,12,16,18-19H,7,9H2/t12-,16+/m0/s1. The SMILES string of the molecule is O=[N+]([O-])c1cc([C@H]2c3ccccc3C[C@H]2CO)ccc1O. The Morgan fingerprint density at radius 2 is 2.00 bits per heavy atom. The van der Waals surface area contributed by atoms with Gasteiger partial charge in [0.05, 0.1) is 4.92 Å². The monoisotopic (exact) mass is 285 g/mol. The summed E-state index contributed by atoms with van der Waals surface area (Å²) in [6.45, 7) is 0.0218. The van der Waals surface area contributed by atoms with E-state index in [-0.39, 0.29) is 29.9 Å². The minimum absolute atomic E-state index is 0.00606. The van der Waals surface area contributed by atoms with E-state index in [0.717, 1.165) is 23.1 Å². The lowest BCUT2D eigenvalue weighted by atomic mass is 9.86. The van der Waals surface area contributed by atoms with Gasteiger partial charge >= 0.3 is 5.69 Å². The molecule has 0 spiro atoms. The highest BCUT2D eigenvalue weighted by Crippen LogP contribution is 2.43. The van der Waals surface area contributed by atoms with Crippen LogP contribution in [0.15, 0.2) is 42.5 Å². The molecule has 0 heterocycles. The van der Waals surface area contributed by atoms with Gasteiger partial charge in [0.1, 0.15) is 0 Å². The second kappa shape index (κ2) is 5.18. The van der Waals surface area contributed by atoms with Gasteiger partial charge < -0.3 is 10.2 Å². The summed E-state index contributed by atoms with van der Waals surface area (Å²) in [6, 6.07) is 12.3. The molecule has 0 radical (unpaired) electrons. The Morgan fingerprint density at radius 1 is 1.24 bits per heavy atom. The Bertz CT molecular complexity index is 698. The molecule has 0 aliphatic heterocycles. The van der Waals surface area contributed by atoms with Gasteiger partial charge in [0.2, 0.25) is 0 Å². The zero-order valence-electron chi connectivity index (χ0n) is 11.3. The van der Waals surface area contributed by atoms with E-state index in [4.69, 9.17) is 0 Å². The Labute approximate surface area is 121 Å². The van der Waals surface area contributed by atoms with E-state index in [0.29, 0.717) is 0 Å². The van der Waals surface area contributed by atoms with E-state index in [1.807, 2.05) is 24.3 Å². The highest BCUT2D eigenvalue weighted by atomic mass is 16.6. The average Bonchev–Trinajstić information content (AvgIpc) is 2.86. The number of aromatic hydroxyl groups is 1. The molecule has 1 aliphatic carbocycles. The van der Waals surface area contributed by atoms with Gasteiger partial charge in [0, 0.05) is 18.6 Å². The fraction of sp³-hybridized carbons (Fsp3) is 0.250. The van der Waals surface area contributed by atoms with Gasteiger partial charge in [0.15, 0.2) is 5.75 Å². The second-order valence-electron chi connectivity index (χ2n) is 5.33. The molecule has 108 valence electrons. The lowest BCUT2D eigenvalue weighted by Crippen LogP contribution is -2.13. The first kappa shape index (κ1) is 13.6. The van der Waals surface area contributed by atoms with Crippen LogP contribution in [0.2, 0.25) is 0 Å². The van der Waals surface area contributed by atoms with Crippen LogP contribution in [0, 0.1) is 16.0 Å². The number of phenols is 1. The maximum Gasteiger partial charge on any atom is 0.310 e. The number of phenolic OH excluding ortho intramolecular Hbond substituents is 1. The van der Waals surface area contributed by atoms with Crippen molar-refractivity contribution in [3.63, 3.8) is 0 Å². The highest BCUT2D eigenvalue weighted by molar-refractivity contribution is 5.52. The van der Waals surface area contributed by atoms with Crippen LogP contribution in [-0.4, -0.2) is 21.7 Å². The van der Waals surface area contributed by atoms with E-state index >= 15 is 0 Å². The van der Waals surface area contributed by atoms with Gasteiger partial charge in [0.25, 0.3) is 0 Å². The largest absolute Gasteiger partial charge is 0.502 e. The van der Waals surface area contributed by atoms with Crippen LogP contribution >= 0.6 is 0 Å². The van der Waals surface area contributed by atoms with Crippen molar-refractivity contribution in [3.05, 3.63) is 69.3 Å². The van der Waals surface area contributed by atoms with Gasteiger partial charge in [-0.25, -0.2) is 0 Å². The number of rotatable bonds is 3. The summed E-state index contributed by atoms with van der Waals surface area (Å²) in [5.74, 6) is -0.410. The van der Waals surface area contributed by atoms with E-state index in [1.54, 1.807) is 6.07 Å². The molecular weight excluding hydrogens is 270 g/mol. The molecule has 3 rings (SSSR count). The highest BCUT2D eigenvalue weighted by Gasteiger charge is 2.33. The number of nitro groups is 1. The van der Waals surface area contributed by atoms with Crippen molar-refractivity contribution >= 4 is 5.69 Å². The third kappa shape index (κ3) is 2.25. The molecule has 0 unspecified atom stereocenters. The predicted molar refractivity (Wildman–Crippen MR) is 77.3 cm³/mol. The Morgan fingerprint density at radius 3 is 2.71 bits per heavy atom. The molecule has 2 aromatic rings. The van der Waals surface area contributed by atoms with E-state index in [9.17, 15) is 20.3 Å². The topological polar surface area (TPSA) is 83.6 Å². The molecule has 0 saturated heterocycles. The minimum Gasteiger partial charge on any atom is -0.502 e. The van der Waals surface area contributed by atoms with Crippen molar-refractivity contribution in [1.29, 1.82) is 0 Å². The van der Waals surface area contributed by atoms with Crippen LogP contribution in [0.5, 0.6) is 5.75 Å². The number of fused-ring (bicyclic) bond motifs is 1. The van der Waals surface area contributed by atoms with Crippen LogP contribution in [0.4, 0.5) is 5.69 Å². The van der Waals surface area contributed by atoms with E-state index in [1.165, 1.54) is 12.1 Å². The zero-order valence-corrected chi connectivity index (χ0v) is 11.3. The minimum atomic E-state index is -0.590. The first-order valence-electron chi connectivity index (χ1n) is 6.77. The number of hydrogen-bond donors (Lipinski definition) is 2. The molecule has 2 aromatic carbocycles. The number of benzene rings is 2. The van der Waals surface area contributed by atoms with Crippen molar-refractivity contribution < 1.29 is 15.1 Å². The van der Waals surface area contributed by atoms with Gasteiger partial charge in [-0.3, -0.25) is 10.1 Å². The van der Waals surface area contributed by atoms with Crippen LogP contribution < -0.4 is 0 Å². The molecule has 0 aromatic heterocycles. The molecule has 5 heteroatoms. The van der Waals surface area contributed by atoms with Crippen molar-refractivity contribution in [1.82, 2.24) is 0 Å². The summed E-state index contributed by atoms with van der Waals surface area (Å²) in [6.07, 6.45) is 0.756. The van der Waals surface area contributed by atoms with Crippen molar-refractivity contribution in [2.75, 3.05) is 6.61 Å². The number of hydrogen-bond acceptors (Lipinski definition) is 4. The Hall–Kier alpha value is -2.40. The predicted octanol–water partition coefficient (Wildman–Crippen LogP) is 2.60. The molecular formula is C16H15NO4. The van der Waals surface area contributed by atoms with Gasteiger partial charge in [-0.05, 0) is 35.1 Å². The van der Waals surface area contributed by atoms with Crippen LogP contribution in [0.1, 0.15) is 22.6 Å². The van der Waals surface area contributed by atoms with Crippen molar-refractivity contribution in [2.24, 2.45) is 5.92 Å². The molecule has 0 amide bonds. The van der Waals surface area contributed by atoms with Gasteiger partial charge in [-0.15, -0.1) is 0 Å². The van der Waals surface area contributed by atoms with Crippen LogP contribution in [-0.2, 0) is 6.42 Å². The number of nitro benzene ring substituents is 1. The third-order valence-corrected chi connectivity index (χ3v) is 4.13. The van der Waals surface area contributed by atoms with Crippen LogP contribution in [0.25, 0.3) is 0 Å². The normalized spacial score (nSPS) is 20.2. The summed E-state index contributed by atoms with van der Waals surface area (Å²) in [5.41, 5.74) is 2.71. The summed E-state index contributed by atoms with van der Waals surface area (Å²) in [4.78, 5) is 10.4. The lowest BCUT2D eigenvalue weighted by Gasteiger charge is -2.19. The quantitative estimate of drug-likeness (QED) is 0.670. The summed E-state index contributed by atoms with van der Waals surface area (Å²) in [5, 5.41) is 30.2. The maximum absolute atomic E-state index is 11.0. The fourth-order valence-corrected chi connectivity index (χ4v) is 3.18. The lowest BCUT2D eigenvalue weighted by molar-refractivity contribution is -0.385. The molecule has 0 fully saturated rings. The van der Waals surface area contributed by atoms with Gasteiger partial charge in [-0.2, -0.15) is 0 Å². The molecule has 21 heavy (non-hydrogen) atoms. The fourth-order valence-electron chi connectivity index (χ4n) is 3.18. The zero-order chi connectivity index (χ0) is 15.0. The summed E-state index contributed by atoms with van der Waals surface area (Å²) in [7, 11) is 0. The summed E-state index contributed by atoms with van der Waals surface area (Å²) < 4.78 is 0. The smallest absolute Gasteiger partial charge is 0.310 e. The maximum atomic E-state index is 11.0. The van der Waals surface area contributed by atoms with E-state index < -0.39 is 4.92 Å². The molecule has 1 aliphatic rings. The van der Waals surface area contributed by atoms with Crippen LogP contribution in [0.3, 0.4) is 0 Å². The molecule has 2 N–H and O–H groups in total. The van der Waals surface area contributed by atoms with E-state index in [2.05, 4.69) is 0 Å². The third-order valence-electron chi connectivity index (χ3n) is 4.13. The molecule has 0 bridgehead atoms. The second-order valence-corrected chi connectivity index (χ2v) is 5.33. The first-order chi connectivity index (χ1) is 10.1. The first-order valence-corrected chi connectivity index (χ1v) is 6.77. The van der Waals surface area contributed by atoms with Crippen molar-refractivity contribution in [3.8, 4) is 5.75 Å². The number of aliphatic hydroxyl groups is 1. The van der Waals surface area contributed by atoms with Crippen molar-refractivity contribution in [2.45, 2.75) is 12.3 Å². The molecule has 5 nitrogen and oxygen atoms in total. The molecule has 2 atom stereocenters. The molecule has 0 saturated carbocycles.